The van der Waals surface area contributed by atoms with Crippen molar-refractivity contribution in [2.24, 2.45) is 0 Å². The number of hydrogen-bond donors (Lipinski definition) is 1. The van der Waals surface area contributed by atoms with Gasteiger partial charge < -0.3 is 5.32 Å². The van der Waals surface area contributed by atoms with Crippen LogP contribution < -0.4 is 5.32 Å². The summed E-state index contributed by atoms with van der Waals surface area (Å²) in [6.07, 6.45) is 0. The summed E-state index contributed by atoms with van der Waals surface area (Å²) in [7, 11) is -0.330. The van der Waals surface area contributed by atoms with E-state index in [1.165, 1.54) is 14.1 Å². The number of sulfonamides is 1. The third kappa shape index (κ3) is 4.21. The lowest BCUT2D eigenvalue weighted by atomic mass is 10.2. The molecule has 0 heterocycles. The molecule has 0 aromatic heterocycles. The molecule has 0 saturated carbocycles. The Morgan fingerprint density at radius 1 is 1.33 bits per heavy atom. The molecule has 1 aromatic rings. The number of benzene rings is 1. The monoisotopic (exact) mass is 382 g/mol. The largest absolute Gasteiger partial charge is 0.351 e. The lowest BCUT2D eigenvalue weighted by Crippen LogP contribution is -2.34. The highest BCUT2D eigenvalue weighted by Gasteiger charge is 2.14. The van der Waals surface area contributed by atoms with E-state index in [-0.39, 0.29) is 18.2 Å². The first kappa shape index (κ1) is 15.4. The minimum atomic E-state index is -3.27. The molecule has 0 radical (unpaired) electrons. The van der Waals surface area contributed by atoms with E-state index < -0.39 is 10.0 Å². The van der Waals surface area contributed by atoms with E-state index in [2.05, 4.69) is 27.9 Å². The fourth-order valence-electron chi connectivity index (χ4n) is 1.22. The Hall–Kier alpha value is -0.670. The molecule has 1 N–H and O–H groups in total. The first-order valence-electron chi connectivity index (χ1n) is 5.27. The average molecular weight is 382 g/mol. The molecule has 1 aromatic carbocycles. The third-order valence-corrected chi connectivity index (χ3v) is 5.09. The van der Waals surface area contributed by atoms with Gasteiger partial charge in [0.15, 0.2) is 0 Å². The zero-order valence-corrected chi connectivity index (χ0v) is 13.2. The lowest BCUT2D eigenvalue weighted by Gasteiger charge is -2.11. The summed E-state index contributed by atoms with van der Waals surface area (Å²) in [4.78, 5) is 11.8. The van der Waals surface area contributed by atoms with Gasteiger partial charge in [0.25, 0.3) is 5.91 Å². The maximum atomic E-state index is 11.8. The molecule has 100 valence electrons. The van der Waals surface area contributed by atoms with Gasteiger partial charge in [-0.3, -0.25) is 4.79 Å². The number of rotatable bonds is 5. The Morgan fingerprint density at radius 2 is 1.94 bits per heavy atom. The van der Waals surface area contributed by atoms with Crippen LogP contribution in [-0.4, -0.2) is 45.0 Å². The Bertz CT molecular complexity index is 529. The van der Waals surface area contributed by atoms with Crippen LogP contribution in [0.4, 0.5) is 0 Å². The number of halogens is 1. The Morgan fingerprint density at radius 3 is 2.50 bits per heavy atom. The van der Waals surface area contributed by atoms with Gasteiger partial charge in [-0.15, -0.1) is 0 Å². The summed E-state index contributed by atoms with van der Waals surface area (Å²) in [5.74, 6) is -0.358. The third-order valence-electron chi connectivity index (χ3n) is 2.32. The summed E-state index contributed by atoms with van der Waals surface area (Å²) < 4.78 is 25.0. The minimum absolute atomic E-state index is 0.102. The molecule has 0 fully saturated rings. The van der Waals surface area contributed by atoms with Crippen molar-refractivity contribution in [1.29, 1.82) is 0 Å². The van der Waals surface area contributed by atoms with Gasteiger partial charge in [-0.25, -0.2) is 12.7 Å². The quantitative estimate of drug-likeness (QED) is 0.771. The van der Waals surface area contributed by atoms with Crippen LogP contribution in [0.2, 0.25) is 0 Å². The van der Waals surface area contributed by atoms with Crippen LogP contribution >= 0.6 is 22.6 Å². The fraction of sp³-hybridized carbons (Fsp3) is 0.364. The molecule has 0 spiro atoms. The molecule has 0 aliphatic carbocycles. The number of carbonyl (C=O) groups is 1. The summed E-state index contributed by atoms with van der Waals surface area (Å²) in [5, 5.41) is 2.60. The van der Waals surface area contributed by atoms with Gasteiger partial charge in [0, 0.05) is 24.2 Å². The van der Waals surface area contributed by atoms with Crippen molar-refractivity contribution in [1.82, 2.24) is 9.62 Å². The van der Waals surface area contributed by atoms with Crippen LogP contribution in [-0.2, 0) is 10.0 Å². The van der Waals surface area contributed by atoms with Gasteiger partial charge in [0.2, 0.25) is 10.0 Å². The zero-order valence-electron chi connectivity index (χ0n) is 10.2. The van der Waals surface area contributed by atoms with Crippen molar-refractivity contribution in [3.05, 3.63) is 33.4 Å². The second kappa shape index (κ2) is 6.48. The van der Waals surface area contributed by atoms with Crippen molar-refractivity contribution < 1.29 is 13.2 Å². The molecule has 5 nitrogen and oxygen atoms in total. The molecular formula is C11H15IN2O3S. The molecule has 0 saturated heterocycles. The normalized spacial score (nSPS) is 11.6. The zero-order chi connectivity index (χ0) is 13.8. The van der Waals surface area contributed by atoms with Gasteiger partial charge in [-0.2, -0.15) is 0 Å². The Labute approximate surface area is 121 Å². The molecule has 1 amide bonds. The van der Waals surface area contributed by atoms with E-state index in [4.69, 9.17) is 0 Å². The van der Waals surface area contributed by atoms with Crippen molar-refractivity contribution in [2.75, 3.05) is 26.4 Å². The van der Waals surface area contributed by atoms with Gasteiger partial charge >= 0.3 is 0 Å². The lowest BCUT2D eigenvalue weighted by molar-refractivity contribution is 0.0955. The molecule has 0 aliphatic heterocycles. The summed E-state index contributed by atoms with van der Waals surface area (Å²) in [5.41, 5.74) is 0.556. The Kier molecular flexibility index (Phi) is 5.54. The topological polar surface area (TPSA) is 66.5 Å². The summed E-state index contributed by atoms with van der Waals surface area (Å²) in [6, 6.07) is 7.15. The molecule has 0 atom stereocenters. The SMILES string of the molecule is CN(C)S(=O)(=O)CCNC(=O)c1ccccc1I. The number of hydrogen-bond acceptors (Lipinski definition) is 3. The summed E-state index contributed by atoms with van der Waals surface area (Å²) in [6.45, 7) is 0.102. The van der Waals surface area contributed by atoms with Gasteiger partial charge in [0.05, 0.1) is 11.3 Å². The van der Waals surface area contributed by atoms with E-state index >= 15 is 0 Å². The molecule has 1 rings (SSSR count). The maximum absolute atomic E-state index is 11.8. The minimum Gasteiger partial charge on any atom is -0.351 e. The van der Waals surface area contributed by atoms with Crippen molar-refractivity contribution in [3.8, 4) is 0 Å². The van der Waals surface area contributed by atoms with Crippen LogP contribution in [0, 0.1) is 3.57 Å². The van der Waals surface area contributed by atoms with Crippen LogP contribution in [0.15, 0.2) is 24.3 Å². The first-order valence-corrected chi connectivity index (χ1v) is 7.96. The van der Waals surface area contributed by atoms with E-state index in [1.54, 1.807) is 12.1 Å². The second-order valence-corrected chi connectivity index (χ2v) is 7.30. The molecular weight excluding hydrogens is 367 g/mol. The van der Waals surface area contributed by atoms with Gasteiger partial charge in [-0.05, 0) is 34.7 Å². The number of nitrogens with one attached hydrogen (secondary N) is 1. The Balaban J connectivity index is 2.56. The van der Waals surface area contributed by atoms with E-state index in [0.29, 0.717) is 5.56 Å². The predicted octanol–water partition coefficient (Wildman–Crippen LogP) is 0.912. The molecule has 7 heteroatoms. The summed E-state index contributed by atoms with van der Waals surface area (Å²) >= 11 is 2.07. The molecule has 0 bridgehead atoms. The maximum Gasteiger partial charge on any atom is 0.252 e. The number of carbonyl (C=O) groups excluding carboxylic acids is 1. The van der Waals surface area contributed by atoms with Crippen molar-refractivity contribution in [2.45, 2.75) is 0 Å². The van der Waals surface area contributed by atoms with E-state index in [1.807, 2.05) is 12.1 Å². The van der Waals surface area contributed by atoms with Crippen LogP contribution in [0.3, 0.4) is 0 Å². The molecule has 0 aliphatic rings. The smallest absolute Gasteiger partial charge is 0.252 e. The highest BCUT2D eigenvalue weighted by atomic mass is 127. The highest BCUT2D eigenvalue weighted by molar-refractivity contribution is 14.1. The number of amides is 1. The van der Waals surface area contributed by atoms with E-state index in [0.717, 1.165) is 7.88 Å². The van der Waals surface area contributed by atoms with Gasteiger partial charge in [-0.1, -0.05) is 12.1 Å². The van der Waals surface area contributed by atoms with Crippen molar-refractivity contribution >= 4 is 38.5 Å². The van der Waals surface area contributed by atoms with Crippen molar-refractivity contribution in [3.63, 3.8) is 0 Å². The fourth-order valence-corrected chi connectivity index (χ4v) is 2.57. The van der Waals surface area contributed by atoms with E-state index in [9.17, 15) is 13.2 Å². The van der Waals surface area contributed by atoms with Crippen LogP contribution in [0.25, 0.3) is 0 Å². The highest BCUT2D eigenvalue weighted by Crippen LogP contribution is 2.10. The second-order valence-electron chi connectivity index (χ2n) is 3.83. The molecule has 0 unspecified atom stereocenters. The standard InChI is InChI=1S/C11H15IN2O3S/c1-14(2)18(16,17)8-7-13-11(15)9-5-3-4-6-10(9)12/h3-6H,7-8H2,1-2H3,(H,13,15). The predicted molar refractivity (Wildman–Crippen MR) is 79.0 cm³/mol. The van der Waals surface area contributed by atoms with Crippen LogP contribution in [0.5, 0.6) is 0 Å². The first-order chi connectivity index (χ1) is 8.34. The number of nitrogens with zero attached hydrogens (tertiary/aromatic N) is 1. The van der Waals surface area contributed by atoms with Gasteiger partial charge in [0.1, 0.15) is 0 Å². The average Bonchev–Trinajstić information content (AvgIpc) is 2.29. The van der Waals surface area contributed by atoms with Crippen LogP contribution in [0.1, 0.15) is 10.4 Å². The molecule has 18 heavy (non-hydrogen) atoms.